The van der Waals surface area contributed by atoms with Crippen LogP contribution in [0.3, 0.4) is 0 Å². The number of aliphatic hydroxyl groups is 1. The van der Waals surface area contributed by atoms with E-state index in [0.717, 1.165) is 38.5 Å². The van der Waals surface area contributed by atoms with Crippen LogP contribution in [0.4, 0.5) is 4.79 Å². The average molecular weight is 366 g/mol. The second-order valence-electron chi connectivity index (χ2n) is 8.85. The van der Waals surface area contributed by atoms with E-state index >= 15 is 0 Å². The summed E-state index contributed by atoms with van der Waals surface area (Å²) < 4.78 is 5.10. The Balaban J connectivity index is 1.45. The van der Waals surface area contributed by atoms with E-state index in [1.807, 2.05) is 13.8 Å². The van der Waals surface area contributed by atoms with Gasteiger partial charge in [-0.3, -0.25) is 14.9 Å². The van der Waals surface area contributed by atoms with Crippen molar-refractivity contribution in [3.63, 3.8) is 0 Å². The summed E-state index contributed by atoms with van der Waals surface area (Å²) in [4.78, 5) is 35.6. The summed E-state index contributed by atoms with van der Waals surface area (Å²) in [5.41, 5.74) is -0.796. The summed E-state index contributed by atoms with van der Waals surface area (Å²) in [6.07, 6.45) is 6.46. The van der Waals surface area contributed by atoms with Gasteiger partial charge in [0, 0.05) is 6.04 Å². The van der Waals surface area contributed by atoms with Crippen LogP contribution in [-0.4, -0.2) is 41.3 Å². The summed E-state index contributed by atoms with van der Waals surface area (Å²) in [5, 5.41) is 15.5. The number of ether oxygens (including phenoxy) is 1. The van der Waals surface area contributed by atoms with Gasteiger partial charge in [0.25, 0.3) is 5.91 Å². The Morgan fingerprint density at radius 2 is 1.85 bits per heavy atom. The van der Waals surface area contributed by atoms with Crippen LogP contribution < -0.4 is 10.6 Å². The normalized spacial score (nSPS) is 35.7. The van der Waals surface area contributed by atoms with Gasteiger partial charge in [0.2, 0.25) is 0 Å². The largest absolute Gasteiger partial charge is 0.456 e. The van der Waals surface area contributed by atoms with Crippen molar-refractivity contribution < 1.29 is 24.2 Å². The Kier molecular flexibility index (Phi) is 5.28. The number of carbonyl (C=O) groups is 3. The molecule has 3 N–H and O–H groups in total. The predicted molar refractivity (Wildman–Crippen MR) is 94.1 cm³/mol. The van der Waals surface area contributed by atoms with Gasteiger partial charge < -0.3 is 15.2 Å². The zero-order valence-electron chi connectivity index (χ0n) is 15.7. The van der Waals surface area contributed by atoms with Crippen molar-refractivity contribution in [3.05, 3.63) is 0 Å². The molecular weight excluding hydrogens is 336 g/mol. The molecule has 0 aromatic heterocycles. The Bertz CT molecular complexity index is 576. The highest BCUT2D eigenvalue weighted by Gasteiger charge is 2.57. The van der Waals surface area contributed by atoms with Crippen molar-refractivity contribution >= 4 is 17.9 Å². The lowest BCUT2D eigenvalue weighted by Gasteiger charge is -2.60. The summed E-state index contributed by atoms with van der Waals surface area (Å²) in [6, 6.07) is -0.615. The molecule has 0 radical (unpaired) electrons. The van der Waals surface area contributed by atoms with Crippen LogP contribution in [0.1, 0.15) is 65.2 Å². The zero-order valence-corrected chi connectivity index (χ0v) is 15.7. The molecule has 4 aliphatic carbocycles. The number of urea groups is 1. The third-order valence-corrected chi connectivity index (χ3v) is 6.28. The molecule has 26 heavy (non-hydrogen) atoms. The van der Waals surface area contributed by atoms with E-state index in [-0.39, 0.29) is 17.9 Å². The van der Waals surface area contributed by atoms with E-state index in [2.05, 4.69) is 10.6 Å². The minimum absolute atomic E-state index is 0.0350. The van der Waals surface area contributed by atoms with E-state index in [1.54, 1.807) is 0 Å². The maximum Gasteiger partial charge on any atom is 0.321 e. The van der Waals surface area contributed by atoms with E-state index < -0.39 is 30.1 Å². The minimum atomic E-state index is -0.636. The van der Waals surface area contributed by atoms with Crippen LogP contribution >= 0.6 is 0 Å². The second kappa shape index (κ2) is 7.18. The number of hydrogen-bond donors (Lipinski definition) is 3. The molecule has 0 aromatic carbocycles. The SMILES string of the molecule is CC[C@H](C)NC(=O)NC(=O)COC(=O)CC12C[C@@H]3C[C@H](CC(O)(C3)C1)C2. The fourth-order valence-corrected chi connectivity index (χ4v) is 5.64. The molecule has 3 amide bonds. The standard InChI is InChI=1S/C19H30N2O5/c1-3-12(2)20-17(24)21-15(22)10-26-16(23)9-18-5-13-4-14(6-18)8-19(25,7-13)11-18/h12-14,25H,3-11H2,1-2H3,(H2,20,21,22,24)/t12-,13-,14-,18?,19?/m0/s1. The van der Waals surface area contributed by atoms with E-state index in [4.69, 9.17) is 4.74 Å². The molecule has 3 atom stereocenters. The van der Waals surface area contributed by atoms with E-state index in [9.17, 15) is 19.5 Å². The van der Waals surface area contributed by atoms with Gasteiger partial charge >= 0.3 is 12.0 Å². The van der Waals surface area contributed by atoms with Crippen molar-refractivity contribution in [2.24, 2.45) is 17.3 Å². The van der Waals surface area contributed by atoms with Gasteiger partial charge in [-0.15, -0.1) is 0 Å². The first-order valence-electron chi connectivity index (χ1n) is 9.69. The van der Waals surface area contributed by atoms with Crippen molar-refractivity contribution in [3.8, 4) is 0 Å². The summed E-state index contributed by atoms with van der Waals surface area (Å²) in [6.45, 7) is 3.30. The van der Waals surface area contributed by atoms with Crippen molar-refractivity contribution in [2.75, 3.05) is 6.61 Å². The molecule has 7 heteroatoms. The highest BCUT2D eigenvalue weighted by molar-refractivity contribution is 5.95. The van der Waals surface area contributed by atoms with Gasteiger partial charge in [-0.05, 0) is 69.1 Å². The number of carbonyl (C=O) groups excluding carboxylic acids is 3. The molecule has 0 aliphatic heterocycles. The number of nitrogens with one attached hydrogen (secondary N) is 2. The maximum atomic E-state index is 12.3. The lowest BCUT2D eigenvalue weighted by atomic mass is 9.47. The third-order valence-electron chi connectivity index (χ3n) is 6.28. The van der Waals surface area contributed by atoms with Gasteiger partial charge in [0.1, 0.15) is 0 Å². The predicted octanol–water partition coefficient (Wildman–Crippen LogP) is 1.88. The van der Waals surface area contributed by atoms with Gasteiger partial charge in [-0.25, -0.2) is 4.79 Å². The molecule has 4 saturated carbocycles. The Labute approximate surface area is 154 Å². The first-order chi connectivity index (χ1) is 12.2. The Morgan fingerprint density at radius 3 is 2.42 bits per heavy atom. The fourth-order valence-electron chi connectivity index (χ4n) is 5.64. The monoisotopic (exact) mass is 366 g/mol. The summed E-state index contributed by atoms with van der Waals surface area (Å²) in [5.74, 6) is -0.0560. The van der Waals surface area contributed by atoms with Crippen molar-refractivity contribution in [1.82, 2.24) is 10.6 Å². The van der Waals surface area contributed by atoms with Crippen LogP contribution in [0.25, 0.3) is 0 Å². The lowest BCUT2D eigenvalue weighted by molar-refractivity contribution is -0.177. The molecule has 4 bridgehead atoms. The van der Waals surface area contributed by atoms with Crippen molar-refractivity contribution in [1.29, 1.82) is 0 Å². The molecule has 0 unspecified atom stereocenters. The molecule has 4 aliphatic rings. The quantitative estimate of drug-likeness (QED) is 0.623. The highest BCUT2D eigenvalue weighted by Crippen LogP contribution is 2.62. The molecule has 0 spiro atoms. The smallest absolute Gasteiger partial charge is 0.321 e. The topological polar surface area (TPSA) is 105 Å². The number of esters is 1. The average Bonchev–Trinajstić information content (AvgIpc) is 2.49. The number of rotatable bonds is 6. The van der Waals surface area contributed by atoms with Gasteiger partial charge in [0.15, 0.2) is 6.61 Å². The minimum Gasteiger partial charge on any atom is -0.456 e. The number of imide groups is 1. The molecule has 4 fully saturated rings. The molecule has 7 nitrogen and oxygen atoms in total. The van der Waals surface area contributed by atoms with Crippen LogP contribution in [0.2, 0.25) is 0 Å². The molecule has 0 saturated heterocycles. The zero-order chi connectivity index (χ0) is 18.9. The number of amides is 3. The fraction of sp³-hybridized carbons (Fsp3) is 0.842. The van der Waals surface area contributed by atoms with E-state index in [0.29, 0.717) is 18.3 Å². The lowest BCUT2D eigenvalue weighted by Crippen LogP contribution is -2.56. The second-order valence-corrected chi connectivity index (χ2v) is 8.85. The molecule has 4 rings (SSSR count). The molecular formula is C19H30N2O5. The van der Waals surface area contributed by atoms with E-state index in [1.165, 1.54) is 0 Å². The molecule has 0 aromatic rings. The van der Waals surface area contributed by atoms with Crippen molar-refractivity contribution in [2.45, 2.75) is 76.9 Å². The van der Waals surface area contributed by atoms with Crippen LogP contribution in [-0.2, 0) is 14.3 Å². The molecule has 0 heterocycles. The number of hydrogen-bond acceptors (Lipinski definition) is 5. The van der Waals surface area contributed by atoms with Gasteiger partial charge in [0.05, 0.1) is 12.0 Å². The first kappa shape index (κ1) is 19.1. The third kappa shape index (κ3) is 4.37. The Hall–Kier alpha value is -1.63. The maximum absolute atomic E-state index is 12.3. The first-order valence-corrected chi connectivity index (χ1v) is 9.69. The summed E-state index contributed by atoms with van der Waals surface area (Å²) >= 11 is 0. The van der Waals surface area contributed by atoms with Gasteiger partial charge in [-0.1, -0.05) is 6.92 Å². The Morgan fingerprint density at radius 1 is 1.19 bits per heavy atom. The van der Waals surface area contributed by atoms with Crippen LogP contribution in [0.5, 0.6) is 0 Å². The summed E-state index contributed by atoms with van der Waals surface area (Å²) in [7, 11) is 0. The van der Waals surface area contributed by atoms with Crippen LogP contribution in [0, 0.1) is 17.3 Å². The molecule has 146 valence electrons. The van der Waals surface area contributed by atoms with Gasteiger partial charge in [-0.2, -0.15) is 0 Å². The highest BCUT2D eigenvalue weighted by atomic mass is 16.5. The van der Waals surface area contributed by atoms with Crippen LogP contribution in [0.15, 0.2) is 0 Å².